The fraction of sp³-hybridized carbons (Fsp3) is 0.178. The van der Waals surface area contributed by atoms with Crippen LogP contribution in [0.4, 0.5) is 45.5 Å². The molecule has 0 amide bonds. The maximum absolute atomic E-state index is 7.45. The lowest BCUT2D eigenvalue weighted by atomic mass is 9.43. The van der Waals surface area contributed by atoms with Gasteiger partial charge in [-0.1, -0.05) is 241 Å². The summed E-state index contributed by atoms with van der Waals surface area (Å²) in [5.41, 5.74) is 26.4. The average Bonchev–Trinajstić information content (AvgIpc) is 1.67. The fourth-order valence-corrected chi connectivity index (χ4v) is 16.4. The van der Waals surface area contributed by atoms with Crippen LogP contribution >= 0.6 is 11.3 Å². The van der Waals surface area contributed by atoms with Gasteiger partial charge in [0.05, 0.1) is 5.69 Å². The highest BCUT2D eigenvalue weighted by atomic mass is 32.1. The Labute approximate surface area is 574 Å². The SMILES string of the molecule is CC(C)(C)c1ccc(N2B3c4cc5oc(-c6ccccc6)c(-c6ccccc6)c5cc4N(c4ccc(C(C)(C)C)cc4-c4ccccc4)c4cc5c(oc6ccccc65)c(c43)-c3cc4c(cc32)sc2cc(N(c3ccc(C(C)(C)C)cc3)c3ccc(C(C)(C)C)cc3)ccc24)cc1. The Hall–Kier alpha value is -10.3. The predicted octanol–water partition coefficient (Wildman–Crippen LogP) is 25.1. The Balaban J connectivity index is 0.982. The van der Waals surface area contributed by atoms with Gasteiger partial charge >= 0.3 is 6.85 Å². The molecule has 3 aromatic heterocycles. The van der Waals surface area contributed by atoms with Crippen molar-refractivity contribution in [3.8, 4) is 44.7 Å². The van der Waals surface area contributed by atoms with Crippen LogP contribution in [0.2, 0.25) is 0 Å². The molecule has 5 nitrogen and oxygen atoms in total. The van der Waals surface area contributed by atoms with Gasteiger partial charge in [-0.15, -0.1) is 11.3 Å². The summed E-state index contributed by atoms with van der Waals surface area (Å²) in [6.07, 6.45) is 0. The number of thiophene rings is 1. The van der Waals surface area contributed by atoms with Crippen molar-refractivity contribution in [1.82, 2.24) is 0 Å². The summed E-state index contributed by atoms with van der Waals surface area (Å²) in [5, 5.41) is 5.63. The van der Waals surface area contributed by atoms with Crippen LogP contribution in [0, 0.1) is 0 Å². The number of hydrogen-bond donors (Lipinski definition) is 0. The summed E-state index contributed by atoms with van der Waals surface area (Å²) in [5.74, 6) is 0.844. The Kier molecular flexibility index (Phi) is 13.8. The quantitative estimate of drug-likeness (QED) is 0.142. The third-order valence-corrected chi connectivity index (χ3v) is 21.6. The van der Waals surface area contributed by atoms with Crippen LogP contribution in [0.1, 0.15) is 105 Å². The van der Waals surface area contributed by atoms with E-state index in [1.165, 1.54) is 47.9 Å². The molecule has 5 heterocycles. The summed E-state index contributed by atoms with van der Waals surface area (Å²) < 4.78 is 17.3. The van der Waals surface area contributed by atoms with Crippen molar-refractivity contribution in [2.75, 3.05) is 14.6 Å². The zero-order valence-corrected chi connectivity index (χ0v) is 58.2. The molecule has 2 aliphatic heterocycles. The molecule has 0 bridgehead atoms. The summed E-state index contributed by atoms with van der Waals surface area (Å²) in [7, 11) is 0. The second-order valence-electron chi connectivity index (χ2n) is 30.9. The number of furan rings is 2. The molecule has 0 atom stereocenters. The molecule has 97 heavy (non-hydrogen) atoms. The highest BCUT2D eigenvalue weighted by molar-refractivity contribution is 7.26. The van der Waals surface area contributed by atoms with Gasteiger partial charge in [0.2, 0.25) is 0 Å². The third-order valence-electron chi connectivity index (χ3n) is 20.5. The largest absolute Gasteiger partial charge is 0.455 e. The molecule has 0 saturated carbocycles. The van der Waals surface area contributed by atoms with Gasteiger partial charge in [-0.2, -0.15) is 0 Å². The zero-order valence-electron chi connectivity index (χ0n) is 57.4. The zero-order chi connectivity index (χ0) is 66.6. The average molecular weight is 1280 g/mol. The molecule has 0 spiro atoms. The van der Waals surface area contributed by atoms with Crippen molar-refractivity contribution in [2.24, 2.45) is 0 Å². The molecule has 0 radical (unpaired) electrons. The summed E-state index contributed by atoms with van der Waals surface area (Å²) in [4.78, 5) is 7.69. The van der Waals surface area contributed by atoms with Gasteiger partial charge in [-0.25, -0.2) is 0 Å². The van der Waals surface area contributed by atoms with Crippen molar-refractivity contribution >= 4 is 128 Å². The summed E-state index contributed by atoms with van der Waals surface area (Å²) >= 11 is 1.87. The molecular weight excluding hydrogens is 1200 g/mol. The first-order valence-electron chi connectivity index (χ1n) is 34.2. The standard InChI is InChI=1S/C90H78BN3O2S/c1-87(2,3)58-32-39-62(40-33-58)92(63-41-34-59(35-42-63)88(4,5)6)65-45-46-67-69-50-71-75(54-81(69)97-80(67)49-65)94(64-43-36-60(37-44-64)89(7,8)9)91-73-53-79-72(82(56-26-18-14-19-27-56)85(96-79)57-28-20-15-21-29-57)52-76(73)93(74-47-38-61(90(10,11)12)48-68(74)55-24-16-13-17-25-55)77-51-70-66-30-22-23-31-78(66)95-86(70)83(71)84(77)91/h13-54H,1-12H3. The van der Waals surface area contributed by atoms with E-state index in [4.69, 9.17) is 8.83 Å². The van der Waals surface area contributed by atoms with E-state index in [-0.39, 0.29) is 28.5 Å². The van der Waals surface area contributed by atoms with E-state index in [2.05, 4.69) is 352 Å². The van der Waals surface area contributed by atoms with Crippen LogP contribution in [0.25, 0.3) is 97.8 Å². The van der Waals surface area contributed by atoms with Gasteiger partial charge in [0.25, 0.3) is 0 Å². The van der Waals surface area contributed by atoms with Crippen LogP contribution in [-0.2, 0) is 21.7 Å². The first-order valence-corrected chi connectivity index (χ1v) is 35.1. The second-order valence-corrected chi connectivity index (χ2v) is 32.0. The lowest BCUT2D eigenvalue weighted by Gasteiger charge is -2.46. The molecule has 0 aliphatic carbocycles. The van der Waals surface area contributed by atoms with E-state index in [0.717, 1.165) is 129 Å². The Bertz CT molecular complexity index is 5540. The number of benzene rings is 12. The molecular formula is C90H78BN3O2S. The third kappa shape index (κ3) is 10.0. The minimum absolute atomic E-state index is 0.0203. The maximum atomic E-state index is 7.45. The topological polar surface area (TPSA) is 36.0 Å². The molecule has 7 heteroatoms. The number of hydrogen-bond acceptors (Lipinski definition) is 6. The van der Waals surface area contributed by atoms with Crippen molar-refractivity contribution in [3.05, 3.63) is 277 Å². The normalized spacial score (nSPS) is 13.3. The highest BCUT2D eigenvalue weighted by Gasteiger charge is 2.48. The van der Waals surface area contributed by atoms with E-state index in [9.17, 15) is 0 Å². The van der Waals surface area contributed by atoms with Crippen molar-refractivity contribution < 1.29 is 8.83 Å². The van der Waals surface area contributed by atoms with Crippen molar-refractivity contribution in [3.63, 3.8) is 0 Å². The fourth-order valence-electron chi connectivity index (χ4n) is 15.2. The molecule has 12 aromatic carbocycles. The number of rotatable bonds is 8. The van der Waals surface area contributed by atoms with E-state index in [1.807, 2.05) is 11.3 Å². The number of anilines is 8. The second kappa shape index (κ2) is 22.1. The number of fused-ring (bicyclic) bond motifs is 12. The monoisotopic (exact) mass is 1280 g/mol. The Morgan fingerprint density at radius 1 is 0.351 bits per heavy atom. The van der Waals surface area contributed by atoms with Gasteiger partial charge in [-0.05, 0) is 163 Å². The van der Waals surface area contributed by atoms with Crippen LogP contribution in [-0.4, -0.2) is 6.85 Å². The van der Waals surface area contributed by atoms with Crippen LogP contribution < -0.4 is 25.5 Å². The molecule has 15 aromatic rings. The molecule has 0 unspecified atom stereocenters. The number of para-hydroxylation sites is 1. The first-order chi connectivity index (χ1) is 46.6. The molecule has 0 N–H and O–H groups in total. The maximum Gasteiger partial charge on any atom is 0.333 e. The molecule has 0 fully saturated rings. The van der Waals surface area contributed by atoms with E-state index >= 15 is 0 Å². The van der Waals surface area contributed by atoms with Crippen LogP contribution in [0.5, 0.6) is 0 Å². The smallest absolute Gasteiger partial charge is 0.333 e. The molecule has 2 aliphatic rings. The van der Waals surface area contributed by atoms with Gasteiger partial charge < -0.3 is 23.4 Å². The van der Waals surface area contributed by atoms with Gasteiger partial charge in [0.1, 0.15) is 22.5 Å². The lowest BCUT2D eigenvalue weighted by molar-refractivity contribution is 0.590. The van der Waals surface area contributed by atoms with E-state index in [1.54, 1.807) is 0 Å². The summed E-state index contributed by atoms with van der Waals surface area (Å²) in [6, 6.07) is 95.5. The Morgan fingerprint density at radius 3 is 1.51 bits per heavy atom. The summed E-state index contributed by atoms with van der Waals surface area (Å²) in [6.45, 7) is 27.2. The van der Waals surface area contributed by atoms with Crippen molar-refractivity contribution in [1.29, 1.82) is 0 Å². The molecule has 474 valence electrons. The van der Waals surface area contributed by atoms with E-state index in [0.29, 0.717) is 0 Å². The van der Waals surface area contributed by atoms with Crippen LogP contribution in [0.3, 0.4) is 0 Å². The predicted molar refractivity (Wildman–Crippen MR) is 416 cm³/mol. The van der Waals surface area contributed by atoms with Crippen LogP contribution in [0.15, 0.2) is 264 Å². The van der Waals surface area contributed by atoms with Gasteiger partial charge in [0.15, 0.2) is 0 Å². The first kappa shape index (κ1) is 60.3. The van der Waals surface area contributed by atoms with Gasteiger partial charge in [0, 0.05) is 104 Å². The Morgan fingerprint density at radius 2 is 0.887 bits per heavy atom. The minimum atomic E-state index is -0.368. The molecule has 0 saturated heterocycles. The number of nitrogens with zero attached hydrogens (tertiary/aromatic N) is 3. The molecule has 17 rings (SSSR count). The van der Waals surface area contributed by atoms with E-state index < -0.39 is 0 Å². The van der Waals surface area contributed by atoms with Crippen molar-refractivity contribution in [2.45, 2.75) is 105 Å². The lowest BCUT2D eigenvalue weighted by Crippen LogP contribution is -2.61. The highest BCUT2D eigenvalue weighted by Crippen LogP contribution is 2.56. The minimum Gasteiger partial charge on any atom is -0.455 e. The van der Waals surface area contributed by atoms with Gasteiger partial charge in [-0.3, -0.25) is 0 Å².